The molecule has 1 atom stereocenters. The number of ketones is 1. The van der Waals surface area contributed by atoms with Crippen LogP contribution in [0.15, 0.2) is 66.9 Å². The van der Waals surface area contributed by atoms with E-state index in [0.717, 1.165) is 17.7 Å². The van der Waals surface area contributed by atoms with Gasteiger partial charge in [-0.2, -0.15) is 0 Å². The topological polar surface area (TPSA) is 69.9 Å². The maximum atomic E-state index is 14.1. The average molecular weight is 535 g/mol. The summed E-state index contributed by atoms with van der Waals surface area (Å²) in [6, 6.07) is 16.9. The minimum Gasteiger partial charge on any atom is -0.485 e. The van der Waals surface area contributed by atoms with Crippen molar-refractivity contribution >= 4 is 17.4 Å². The number of rotatable bonds is 10. The predicted molar refractivity (Wildman–Crippen MR) is 144 cm³/mol. The zero-order chi connectivity index (χ0) is 28.2. The third kappa shape index (κ3) is 7.07. The molecule has 2 heterocycles. The lowest BCUT2D eigenvalue weighted by Gasteiger charge is -2.21. The highest BCUT2D eigenvalue weighted by molar-refractivity contribution is 5.97. The number of carbonyl (C=O) groups is 2. The number of carbonyl (C=O) groups excluding carboxylic acids is 2. The summed E-state index contributed by atoms with van der Waals surface area (Å²) in [5.41, 5.74) is 2.18. The van der Waals surface area contributed by atoms with Crippen LogP contribution < -0.4 is 4.74 Å². The Morgan fingerprint density at radius 1 is 1.00 bits per heavy atom. The third-order valence-corrected chi connectivity index (χ3v) is 6.25. The van der Waals surface area contributed by atoms with Crippen molar-refractivity contribution in [2.45, 2.75) is 65.1 Å². The summed E-state index contributed by atoms with van der Waals surface area (Å²) in [6.07, 6.45) is 1.97. The number of hydrogen-bond donors (Lipinski definition) is 0. The van der Waals surface area contributed by atoms with Gasteiger partial charge in [0, 0.05) is 19.0 Å². The Hall–Kier alpha value is -4.07. The van der Waals surface area contributed by atoms with Crippen LogP contribution in [0.5, 0.6) is 5.75 Å². The van der Waals surface area contributed by atoms with Gasteiger partial charge in [0.1, 0.15) is 17.9 Å². The van der Waals surface area contributed by atoms with Gasteiger partial charge in [-0.3, -0.25) is 14.0 Å². The van der Waals surface area contributed by atoms with Crippen LogP contribution in [0.4, 0.5) is 8.78 Å². The van der Waals surface area contributed by atoms with Crippen molar-refractivity contribution in [1.82, 2.24) is 9.38 Å². The van der Waals surface area contributed by atoms with Crippen molar-refractivity contribution < 1.29 is 27.8 Å². The highest BCUT2D eigenvalue weighted by atomic mass is 19.2. The first-order chi connectivity index (χ1) is 18.5. The molecule has 39 heavy (non-hydrogen) atoms. The molecule has 0 N–H and O–H groups in total. The molecule has 204 valence electrons. The number of esters is 1. The first-order valence-electron chi connectivity index (χ1n) is 12.9. The van der Waals surface area contributed by atoms with Crippen molar-refractivity contribution in [3.05, 3.63) is 101 Å². The van der Waals surface area contributed by atoms with Gasteiger partial charge in [0.2, 0.25) is 0 Å². The van der Waals surface area contributed by atoms with E-state index in [2.05, 4.69) is 4.98 Å². The second-order valence-electron chi connectivity index (χ2n) is 10.5. The Morgan fingerprint density at radius 2 is 1.74 bits per heavy atom. The number of ether oxygens (including phenoxy) is 2. The summed E-state index contributed by atoms with van der Waals surface area (Å²) < 4.78 is 40.9. The molecule has 0 spiro atoms. The van der Waals surface area contributed by atoms with E-state index in [1.165, 1.54) is 6.07 Å². The Labute approximate surface area is 226 Å². The molecule has 6 nitrogen and oxygen atoms in total. The van der Waals surface area contributed by atoms with Gasteiger partial charge >= 0.3 is 5.97 Å². The van der Waals surface area contributed by atoms with Crippen LogP contribution in [-0.2, 0) is 16.1 Å². The normalized spacial score (nSPS) is 12.4. The molecule has 0 aliphatic carbocycles. The number of fused-ring (bicyclic) bond motifs is 1. The molecule has 0 fully saturated rings. The fraction of sp³-hybridized carbons (Fsp3) is 0.323. The Balaban J connectivity index is 1.59. The van der Waals surface area contributed by atoms with E-state index >= 15 is 0 Å². The van der Waals surface area contributed by atoms with Gasteiger partial charge in [-0.05, 0) is 75.4 Å². The van der Waals surface area contributed by atoms with Gasteiger partial charge in [0.15, 0.2) is 28.8 Å². The van der Waals surface area contributed by atoms with Crippen molar-refractivity contribution in [1.29, 1.82) is 0 Å². The summed E-state index contributed by atoms with van der Waals surface area (Å²) in [5, 5.41) is 0. The summed E-state index contributed by atoms with van der Waals surface area (Å²) in [6.45, 7) is 7.40. The van der Waals surface area contributed by atoms with Gasteiger partial charge in [-0.1, -0.05) is 36.4 Å². The van der Waals surface area contributed by atoms with Gasteiger partial charge in [-0.25, -0.2) is 13.8 Å². The summed E-state index contributed by atoms with van der Waals surface area (Å²) in [4.78, 5) is 30.6. The lowest BCUT2D eigenvalue weighted by Crippen LogP contribution is -2.24. The maximum Gasteiger partial charge on any atom is 0.306 e. The minimum absolute atomic E-state index is 0.0256. The maximum absolute atomic E-state index is 14.1. The molecule has 0 bridgehead atoms. The lowest BCUT2D eigenvalue weighted by molar-refractivity contribution is -0.155. The van der Waals surface area contributed by atoms with Crippen LogP contribution >= 0.6 is 0 Å². The van der Waals surface area contributed by atoms with E-state index in [-0.39, 0.29) is 25.0 Å². The number of benzene rings is 2. The van der Waals surface area contributed by atoms with Gasteiger partial charge in [0.25, 0.3) is 0 Å². The van der Waals surface area contributed by atoms with E-state index in [9.17, 15) is 18.4 Å². The number of nitrogens with zero attached hydrogens (tertiary/aromatic N) is 2. The molecule has 8 heteroatoms. The number of Topliss-reactive ketones (excluding diaryl/α,β-unsaturated/α-hetero) is 1. The highest BCUT2D eigenvalue weighted by Gasteiger charge is 2.25. The van der Waals surface area contributed by atoms with E-state index in [1.54, 1.807) is 50.4 Å². The van der Waals surface area contributed by atoms with Gasteiger partial charge in [0.05, 0.1) is 5.69 Å². The smallest absolute Gasteiger partial charge is 0.306 e. The lowest BCUT2D eigenvalue weighted by atomic mass is 9.88. The molecule has 0 saturated carbocycles. The number of hydrogen-bond acceptors (Lipinski definition) is 5. The number of aromatic nitrogens is 2. The summed E-state index contributed by atoms with van der Waals surface area (Å²) >= 11 is 0. The molecule has 0 amide bonds. The second kappa shape index (κ2) is 11.8. The molecule has 4 aromatic rings. The number of imidazole rings is 1. The molecule has 0 saturated heterocycles. The first kappa shape index (κ1) is 28.0. The van der Waals surface area contributed by atoms with Gasteiger partial charge in [-0.15, -0.1) is 0 Å². The fourth-order valence-corrected chi connectivity index (χ4v) is 4.50. The molecule has 0 radical (unpaired) electrons. The molecular weight excluding hydrogens is 502 g/mol. The quantitative estimate of drug-likeness (QED) is 0.162. The number of pyridine rings is 1. The molecular formula is C31H32F2N2O4. The zero-order valence-electron chi connectivity index (χ0n) is 22.5. The first-order valence-corrected chi connectivity index (χ1v) is 12.9. The van der Waals surface area contributed by atoms with Crippen LogP contribution in [0.25, 0.3) is 5.65 Å². The minimum atomic E-state index is -1.01. The largest absolute Gasteiger partial charge is 0.485 e. The number of halogens is 2. The Morgan fingerprint density at radius 3 is 2.44 bits per heavy atom. The molecule has 2 aromatic heterocycles. The zero-order valence-corrected chi connectivity index (χ0v) is 22.5. The van der Waals surface area contributed by atoms with E-state index in [1.807, 2.05) is 30.3 Å². The van der Waals surface area contributed by atoms with Crippen LogP contribution in [0.1, 0.15) is 73.3 Å². The molecule has 2 aromatic carbocycles. The van der Waals surface area contributed by atoms with Crippen molar-refractivity contribution in [3.63, 3.8) is 0 Å². The second-order valence-corrected chi connectivity index (χ2v) is 10.5. The average Bonchev–Trinajstić information content (AvgIpc) is 3.23. The number of aryl methyl sites for hydroxylation is 1. The monoisotopic (exact) mass is 534 g/mol. The van der Waals surface area contributed by atoms with E-state index in [4.69, 9.17) is 9.47 Å². The highest BCUT2D eigenvalue weighted by Crippen LogP contribution is 2.31. The SMILES string of the molecule is Cc1nc2c(OCc3ccccc3)cccn2c1C(=O)CC(CCC(=O)OC(C)(C)C)c1ccc(F)c(F)c1. The standard InChI is InChI=1S/C31H32F2N2O4/c1-20-29(35-16-8-11-27(30(35)34-20)38-19-21-9-6-5-7-10-21)26(36)18-23(13-15-28(37)39-31(2,3)4)22-12-14-24(32)25(33)17-22/h5-12,14,16-17,23H,13,15,18-19H2,1-4H3. The van der Waals surface area contributed by atoms with Crippen molar-refractivity contribution in [2.24, 2.45) is 0 Å². The Kier molecular flexibility index (Phi) is 8.43. The van der Waals surface area contributed by atoms with Crippen LogP contribution in [0, 0.1) is 18.6 Å². The third-order valence-electron chi connectivity index (χ3n) is 6.25. The fourth-order valence-electron chi connectivity index (χ4n) is 4.50. The van der Waals surface area contributed by atoms with Crippen LogP contribution in [-0.4, -0.2) is 26.7 Å². The molecule has 1 unspecified atom stereocenters. The molecule has 4 rings (SSSR count). The van der Waals surface area contributed by atoms with Crippen molar-refractivity contribution in [2.75, 3.05) is 0 Å². The van der Waals surface area contributed by atoms with E-state index in [0.29, 0.717) is 35.0 Å². The predicted octanol–water partition coefficient (Wildman–Crippen LogP) is 6.98. The molecule has 0 aliphatic heterocycles. The van der Waals surface area contributed by atoms with Crippen LogP contribution in [0.2, 0.25) is 0 Å². The van der Waals surface area contributed by atoms with E-state index < -0.39 is 29.1 Å². The van der Waals surface area contributed by atoms with Crippen LogP contribution in [0.3, 0.4) is 0 Å². The van der Waals surface area contributed by atoms with Crippen molar-refractivity contribution in [3.8, 4) is 5.75 Å². The summed E-state index contributed by atoms with van der Waals surface area (Å²) in [5.74, 6) is -2.65. The molecule has 0 aliphatic rings. The van der Waals surface area contributed by atoms with Gasteiger partial charge < -0.3 is 9.47 Å². The summed E-state index contributed by atoms with van der Waals surface area (Å²) in [7, 11) is 0. The Bertz CT molecular complexity index is 1480.